The normalized spacial score (nSPS) is 19.2. The first-order valence-electron chi connectivity index (χ1n) is 8.44. The first kappa shape index (κ1) is 17.0. The molecule has 1 unspecified atom stereocenters. The second-order valence-electron chi connectivity index (χ2n) is 6.69. The van der Waals surface area contributed by atoms with Gasteiger partial charge in [0.05, 0.1) is 16.7 Å². The standard InChI is InChI=1S/C17H20N4O4S/c1-19-11-18-9-15(19)12-4-3-7-21(10-12)26(23,24)13-5-6-16-14(8-13)20(2)17(22)25-16/h5-6,8-9,11-12H,3-4,7,10H2,1-2H3. The summed E-state index contributed by atoms with van der Waals surface area (Å²) in [5.41, 5.74) is 1.89. The van der Waals surface area contributed by atoms with E-state index in [1.165, 1.54) is 27.1 Å². The summed E-state index contributed by atoms with van der Waals surface area (Å²) in [5, 5.41) is 0. The van der Waals surface area contributed by atoms with E-state index in [2.05, 4.69) is 4.98 Å². The Labute approximate surface area is 150 Å². The van der Waals surface area contributed by atoms with Crippen LogP contribution in [0.25, 0.3) is 11.1 Å². The monoisotopic (exact) mass is 376 g/mol. The van der Waals surface area contributed by atoms with Crippen LogP contribution in [0.2, 0.25) is 0 Å². The van der Waals surface area contributed by atoms with E-state index in [-0.39, 0.29) is 10.8 Å². The fraction of sp³-hybridized carbons (Fsp3) is 0.412. The number of fused-ring (bicyclic) bond motifs is 1. The van der Waals surface area contributed by atoms with E-state index in [4.69, 9.17) is 4.42 Å². The molecule has 1 aliphatic heterocycles. The Morgan fingerprint density at radius 1 is 1.27 bits per heavy atom. The van der Waals surface area contributed by atoms with Crippen LogP contribution in [0, 0.1) is 0 Å². The molecule has 3 aromatic rings. The van der Waals surface area contributed by atoms with Crippen LogP contribution in [0.3, 0.4) is 0 Å². The zero-order chi connectivity index (χ0) is 18.5. The van der Waals surface area contributed by atoms with Gasteiger partial charge in [-0.25, -0.2) is 18.2 Å². The number of hydrogen-bond acceptors (Lipinski definition) is 5. The van der Waals surface area contributed by atoms with Gasteiger partial charge in [-0.05, 0) is 31.0 Å². The molecule has 26 heavy (non-hydrogen) atoms. The average molecular weight is 376 g/mol. The summed E-state index contributed by atoms with van der Waals surface area (Å²) < 4.78 is 36.1. The minimum absolute atomic E-state index is 0.119. The molecule has 8 nitrogen and oxygen atoms in total. The van der Waals surface area contributed by atoms with Crippen LogP contribution in [-0.2, 0) is 24.1 Å². The smallest absolute Gasteiger partial charge is 0.408 e. The van der Waals surface area contributed by atoms with E-state index in [0.29, 0.717) is 24.2 Å². The number of oxazole rings is 1. The van der Waals surface area contributed by atoms with Gasteiger partial charge in [0.25, 0.3) is 0 Å². The van der Waals surface area contributed by atoms with Gasteiger partial charge in [0, 0.05) is 45.0 Å². The molecule has 9 heteroatoms. The minimum Gasteiger partial charge on any atom is -0.408 e. The summed E-state index contributed by atoms with van der Waals surface area (Å²) in [6.07, 6.45) is 5.26. The number of benzene rings is 1. The maximum Gasteiger partial charge on any atom is 0.419 e. The third-order valence-electron chi connectivity index (χ3n) is 5.06. The predicted molar refractivity (Wildman–Crippen MR) is 95.4 cm³/mol. The largest absolute Gasteiger partial charge is 0.419 e. The minimum atomic E-state index is -3.65. The Morgan fingerprint density at radius 3 is 2.81 bits per heavy atom. The number of aromatic nitrogens is 3. The van der Waals surface area contributed by atoms with Crippen molar-refractivity contribution in [2.45, 2.75) is 23.7 Å². The van der Waals surface area contributed by atoms with Gasteiger partial charge in [-0.2, -0.15) is 4.31 Å². The highest BCUT2D eigenvalue weighted by Gasteiger charge is 2.32. The predicted octanol–water partition coefficient (Wildman–Crippen LogP) is 1.43. The number of aryl methyl sites for hydroxylation is 2. The van der Waals surface area contributed by atoms with Crippen LogP contribution in [0.4, 0.5) is 0 Å². The molecule has 0 bridgehead atoms. The molecule has 0 saturated carbocycles. The van der Waals surface area contributed by atoms with Gasteiger partial charge in [-0.3, -0.25) is 4.57 Å². The van der Waals surface area contributed by atoms with Crippen molar-refractivity contribution >= 4 is 21.1 Å². The van der Waals surface area contributed by atoms with E-state index in [9.17, 15) is 13.2 Å². The summed E-state index contributed by atoms with van der Waals surface area (Å²) in [4.78, 5) is 15.9. The lowest BCUT2D eigenvalue weighted by molar-refractivity contribution is 0.310. The highest BCUT2D eigenvalue weighted by molar-refractivity contribution is 7.89. The maximum absolute atomic E-state index is 13.1. The summed E-state index contributed by atoms with van der Waals surface area (Å²) >= 11 is 0. The molecular weight excluding hydrogens is 356 g/mol. The molecule has 1 aliphatic rings. The molecule has 0 amide bonds. The van der Waals surface area contributed by atoms with E-state index < -0.39 is 15.8 Å². The van der Waals surface area contributed by atoms with Crippen molar-refractivity contribution in [3.63, 3.8) is 0 Å². The molecule has 0 aliphatic carbocycles. The Morgan fingerprint density at radius 2 is 2.08 bits per heavy atom. The lowest BCUT2D eigenvalue weighted by Gasteiger charge is -2.32. The van der Waals surface area contributed by atoms with Gasteiger partial charge >= 0.3 is 5.76 Å². The quantitative estimate of drug-likeness (QED) is 0.690. The molecule has 1 aromatic carbocycles. The van der Waals surface area contributed by atoms with Crippen molar-refractivity contribution in [2.24, 2.45) is 14.1 Å². The number of rotatable bonds is 3. The topological polar surface area (TPSA) is 90.3 Å². The molecule has 138 valence electrons. The van der Waals surface area contributed by atoms with Gasteiger partial charge in [0.2, 0.25) is 10.0 Å². The van der Waals surface area contributed by atoms with Crippen molar-refractivity contribution in [1.82, 2.24) is 18.4 Å². The van der Waals surface area contributed by atoms with Crippen LogP contribution in [0.5, 0.6) is 0 Å². The average Bonchev–Trinajstić information content (AvgIpc) is 3.18. The fourth-order valence-electron chi connectivity index (χ4n) is 3.58. The van der Waals surface area contributed by atoms with Crippen molar-refractivity contribution in [1.29, 1.82) is 0 Å². The summed E-state index contributed by atoms with van der Waals surface area (Å²) in [5.74, 6) is -0.392. The Balaban J connectivity index is 1.68. The van der Waals surface area contributed by atoms with E-state index in [0.717, 1.165) is 18.5 Å². The molecule has 1 fully saturated rings. The zero-order valence-corrected chi connectivity index (χ0v) is 15.4. The molecular formula is C17H20N4O4S. The molecule has 0 spiro atoms. The van der Waals surface area contributed by atoms with Gasteiger partial charge < -0.3 is 8.98 Å². The highest BCUT2D eigenvalue weighted by Crippen LogP contribution is 2.30. The second kappa shape index (κ2) is 6.10. The Kier molecular flexibility index (Phi) is 4.00. The van der Waals surface area contributed by atoms with Crippen LogP contribution in [0.1, 0.15) is 24.5 Å². The number of imidazole rings is 1. The van der Waals surface area contributed by atoms with Crippen molar-refractivity contribution in [3.8, 4) is 0 Å². The molecule has 3 heterocycles. The molecule has 4 rings (SSSR count). The van der Waals surface area contributed by atoms with Crippen molar-refractivity contribution < 1.29 is 12.8 Å². The second-order valence-corrected chi connectivity index (χ2v) is 8.63. The third-order valence-corrected chi connectivity index (χ3v) is 6.92. The fourth-order valence-corrected chi connectivity index (χ4v) is 5.12. The van der Waals surface area contributed by atoms with Crippen LogP contribution < -0.4 is 5.76 Å². The molecule has 1 atom stereocenters. The summed E-state index contributed by atoms with van der Waals surface area (Å²) in [6.45, 7) is 0.906. The first-order valence-corrected chi connectivity index (χ1v) is 9.88. The van der Waals surface area contributed by atoms with Gasteiger partial charge in [-0.15, -0.1) is 0 Å². The van der Waals surface area contributed by atoms with Gasteiger partial charge in [0.15, 0.2) is 5.58 Å². The maximum atomic E-state index is 13.1. The Hall–Kier alpha value is -2.39. The number of sulfonamides is 1. The van der Waals surface area contributed by atoms with E-state index in [1.54, 1.807) is 19.6 Å². The summed E-state index contributed by atoms with van der Waals surface area (Å²) in [7, 11) is -0.172. The summed E-state index contributed by atoms with van der Waals surface area (Å²) in [6, 6.07) is 4.53. The van der Waals surface area contributed by atoms with Crippen LogP contribution in [0.15, 0.2) is 44.8 Å². The van der Waals surface area contributed by atoms with Gasteiger partial charge in [0.1, 0.15) is 0 Å². The molecule has 0 radical (unpaired) electrons. The number of hydrogen-bond donors (Lipinski definition) is 0. The van der Waals surface area contributed by atoms with Crippen LogP contribution >= 0.6 is 0 Å². The lowest BCUT2D eigenvalue weighted by atomic mass is 9.96. The Bertz CT molecular complexity index is 1130. The SMILES string of the molecule is Cn1cncc1C1CCCN(S(=O)(=O)c2ccc3oc(=O)n(C)c3c2)C1. The van der Waals surface area contributed by atoms with Crippen molar-refractivity contribution in [2.75, 3.05) is 13.1 Å². The van der Waals surface area contributed by atoms with Gasteiger partial charge in [-0.1, -0.05) is 0 Å². The number of piperidine rings is 1. The number of nitrogens with zero attached hydrogens (tertiary/aromatic N) is 4. The van der Waals surface area contributed by atoms with Crippen molar-refractivity contribution in [3.05, 3.63) is 47.0 Å². The molecule has 1 saturated heterocycles. The highest BCUT2D eigenvalue weighted by atomic mass is 32.2. The third kappa shape index (κ3) is 2.67. The van der Waals surface area contributed by atoms with Crippen LogP contribution in [-0.4, -0.2) is 39.9 Å². The zero-order valence-electron chi connectivity index (χ0n) is 14.6. The van der Waals surface area contributed by atoms with E-state index >= 15 is 0 Å². The van der Waals surface area contributed by atoms with E-state index in [1.807, 2.05) is 11.6 Å². The first-order chi connectivity index (χ1) is 12.4. The lowest BCUT2D eigenvalue weighted by Crippen LogP contribution is -2.39. The molecule has 2 aromatic heterocycles. The molecule has 0 N–H and O–H groups in total.